The van der Waals surface area contributed by atoms with Gasteiger partial charge in [0.05, 0.1) is 12.0 Å². The Hall–Kier alpha value is -2.03. The number of nitrogens with zero attached hydrogens (tertiary/aromatic N) is 2. The first-order valence-electron chi connectivity index (χ1n) is 8.70. The van der Waals surface area contributed by atoms with Gasteiger partial charge in [0.25, 0.3) is 0 Å². The lowest BCUT2D eigenvalue weighted by Crippen LogP contribution is -2.35. The van der Waals surface area contributed by atoms with Gasteiger partial charge in [0.2, 0.25) is 10.0 Å². The summed E-state index contributed by atoms with van der Waals surface area (Å²) in [6.07, 6.45) is 0.646. The molecule has 27 heavy (non-hydrogen) atoms. The Morgan fingerprint density at radius 1 is 0.963 bits per heavy atom. The topological polar surface area (TPSA) is 49.9 Å². The molecule has 0 aromatic heterocycles. The van der Waals surface area contributed by atoms with Gasteiger partial charge < -0.3 is 4.74 Å². The van der Waals surface area contributed by atoms with E-state index in [9.17, 15) is 17.2 Å². The van der Waals surface area contributed by atoms with Crippen molar-refractivity contribution in [1.29, 1.82) is 0 Å². The highest BCUT2D eigenvalue weighted by atomic mass is 32.2. The zero-order valence-electron chi connectivity index (χ0n) is 15.1. The van der Waals surface area contributed by atoms with Gasteiger partial charge in [0.15, 0.2) is 0 Å². The lowest BCUT2D eigenvalue weighted by molar-refractivity contribution is 0.278. The summed E-state index contributed by atoms with van der Waals surface area (Å²) in [5.41, 5.74) is 1.11. The minimum Gasteiger partial charge on any atom is -0.497 e. The van der Waals surface area contributed by atoms with Gasteiger partial charge in [0.1, 0.15) is 17.4 Å². The van der Waals surface area contributed by atoms with Crippen LogP contribution in [-0.4, -0.2) is 50.9 Å². The molecule has 0 unspecified atom stereocenters. The maximum atomic E-state index is 13.4. The molecule has 0 saturated carbocycles. The number of ether oxygens (including phenoxy) is 1. The SMILES string of the molecule is COc1ccc(CN2CCCN(S(=O)(=O)c3cc(F)cc(F)c3)CC2)cc1. The van der Waals surface area contributed by atoms with Crippen LogP contribution in [0.3, 0.4) is 0 Å². The van der Waals surface area contributed by atoms with E-state index in [0.29, 0.717) is 32.1 Å². The van der Waals surface area contributed by atoms with Crippen molar-refractivity contribution in [1.82, 2.24) is 9.21 Å². The predicted molar refractivity (Wildman–Crippen MR) is 98.0 cm³/mol. The summed E-state index contributed by atoms with van der Waals surface area (Å²) in [6.45, 7) is 2.58. The summed E-state index contributed by atoms with van der Waals surface area (Å²) in [6, 6.07) is 10.1. The Bertz CT molecular complexity index is 868. The van der Waals surface area contributed by atoms with Crippen LogP contribution >= 0.6 is 0 Å². The molecule has 1 saturated heterocycles. The number of halogens is 2. The number of rotatable bonds is 5. The fourth-order valence-corrected chi connectivity index (χ4v) is 4.67. The van der Waals surface area contributed by atoms with Crippen LogP contribution in [0, 0.1) is 11.6 Å². The Morgan fingerprint density at radius 3 is 2.26 bits per heavy atom. The molecule has 2 aromatic rings. The second kappa shape index (κ2) is 8.33. The van der Waals surface area contributed by atoms with E-state index in [1.807, 2.05) is 24.3 Å². The summed E-state index contributed by atoms with van der Waals surface area (Å²) < 4.78 is 58.8. The van der Waals surface area contributed by atoms with Crippen LogP contribution in [0.4, 0.5) is 8.78 Å². The predicted octanol–water partition coefficient (Wildman–Crippen LogP) is 2.87. The Morgan fingerprint density at radius 2 is 1.63 bits per heavy atom. The Kier molecular flexibility index (Phi) is 6.08. The first kappa shape index (κ1) is 19.7. The number of hydrogen-bond acceptors (Lipinski definition) is 4. The lowest BCUT2D eigenvalue weighted by atomic mass is 10.2. The van der Waals surface area contributed by atoms with Crippen molar-refractivity contribution in [3.05, 3.63) is 59.7 Å². The second-order valence-corrected chi connectivity index (χ2v) is 8.42. The van der Waals surface area contributed by atoms with E-state index in [1.165, 1.54) is 4.31 Å². The average Bonchev–Trinajstić information content (AvgIpc) is 2.87. The van der Waals surface area contributed by atoms with Crippen molar-refractivity contribution in [3.8, 4) is 5.75 Å². The molecule has 3 rings (SSSR count). The first-order valence-corrected chi connectivity index (χ1v) is 10.1. The van der Waals surface area contributed by atoms with Crippen LogP contribution in [-0.2, 0) is 16.6 Å². The number of sulfonamides is 1. The number of methoxy groups -OCH3 is 1. The smallest absolute Gasteiger partial charge is 0.243 e. The molecule has 0 amide bonds. The highest BCUT2D eigenvalue weighted by molar-refractivity contribution is 7.89. The molecule has 5 nitrogen and oxygen atoms in total. The third kappa shape index (κ3) is 4.82. The minimum absolute atomic E-state index is 0.274. The molecule has 1 aliphatic rings. The van der Waals surface area contributed by atoms with Crippen molar-refractivity contribution in [3.63, 3.8) is 0 Å². The summed E-state index contributed by atoms with van der Waals surface area (Å²) in [5.74, 6) is -1.01. The van der Waals surface area contributed by atoms with Gasteiger partial charge in [-0.15, -0.1) is 0 Å². The van der Waals surface area contributed by atoms with E-state index in [1.54, 1.807) is 7.11 Å². The van der Waals surface area contributed by atoms with E-state index in [0.717, 1.165) is 30.0 Å². The van der Waals surface area contributed by atoms with E-state index in [2.05, 4.69) is 4.90 Å². The number of hydrogen-bond donors (Lipinski definition) is 0. The van der Waals surface area contributed by atoms with Crippen LogP contribution < -0.4 is 4.74 Å². The van der Waals surface area contributed by atoms with Crippen molar-refractivity contribution < 1.29 is 21.9 Å². The Balaban J connectivity index is 1.68. The molecule has 0 atom stereocenters. The average molecular weight is 396 g/mol. The van der Waals surface area contributed by atoms with Crippen molar-refractivity contribution in [2.75, 3.05) is 33.3 Å². The van der Waals surface area contributed by atoms with Gasteiger partial charge in [-0.3, -0.25) is 4.90 Å². The van der Waals surface area contributed by atoms with Crippen LogP contribution in [0.1, 0.15) is 12.0 Å². The zero-order valence-corrected chi connectivity index (χ0v) is 15.9. The zero-order chi connectivity index (χ0) is 19.4. The molecule has 2 aromatic carbocycles. The van der Waals surface area contributed by atoms with E-state index in [4.69, 9.17) is 4.74 Å². The molecule has 1 heterocycles. The fraction of sp³-hybridized carbons (Fsp3) is 0.368. The fourth-order valence-electron chi connectivity index (χ4n) is 3.16. The van der Waals surface area contributed by atoms with Crippen LogP contribution in [0.2, 0.25) is 0 Å². The molecule has 0 spiro atoms. The molecule has 146 valence electrons. The largest absolute Gasteiger partial charge is 0.497 e. The van der Waals surface area contributed by atoms with Gasteiger partial charge in [0, 0.05) is 32.2 Å². The second-order valence-electron chi connectivity index (χ2n) is 6.49. The van der Waals surface area contributed by atoms with E-state index in [-0.39, 0.29) is 11.4 Å². The highest BCUT2D eigenvalue weighted by Gasteiger charge is 2.27. The van der Waals surface area contributed by atoms with Crippen molar-refractivity contribution in [2.24, 2.45) is 0 Å². The van der Waals surface area contributed by atoms with Crippen molar-refractivity contribution >= 4 is 10.0 Å². The maximum absolute atomic E-state index is 13.4. The quantitative estimate of drug-likeness (QED) is 0.780. The van der Waals surface area contributed by atoms with E-state index >= 15 is 0 Å². The number of benzene rings is 2. The molecule has 1 fully saturated rings. The highest BCUT2D eigenvalue weighted by Crippen LogP contribution is 2.21. The minimum atomic E-state index is -3.93. The van der Waals surface area contributed by atoms with Crippen LogP contribution in [0.25, 0.3) is 0 Å². The molecule has 8 heteroatoms. The lowest BCUT2D eigenvalue weighted by Gasteiger charge is -2.22. The van der Waals surface area contributed by atoms with Gasteiger partial charge in [-0.25, -0.2) is 17.2 Å². The first-order chi connectivity index (χ1) is 12.9. The summed E-state index contributed by atoms with van der Waals surface area (Å²) >= 11 is 0. The van der Waals surface area contributed by atoms with E-state index < -0.39 is 21.7 Å². The van der Waals surface area contributed by atoms with Gasteiger partial charge >= 0.3 is 0 Å². The van der Waals surface area contributed by atoms with Gasteiger partial charge in [-0.2, -0.15) is 4.31 Å². The third-order valence-electron chi connectivity index (χ3n) is 4.59. The molecular formula is C19H22F2N2O3S. The summed E-state index contributed by atoms with van der Waals surface area (Å²) in [4.78, 5) is 1.83. The van der Waals surface area contributed by atoms with Crippen molar-refractivity contribution in [2.45, 2.75) is 17.9 Å². The molecule has 0 aliphatic carbocycles. The molecule has 0 N–H and O–H groups in total. The standard InChI is InChI=1S/C19H22F2N2O3S/c1-26-18-5-3-15(4-6-18)14-22-7-2-8-23(10-9-22)27(24,25)19-12-16(20)11-17(21)13-19/h3-6,11-13H,2,7-10,14H2,1H3. The summed E-state index contributed by atoms with van der Waals surface area (Å²) in [7, 11) is -2.31. The normalized spacial score (nSPS) is 16.9. The monoisotopic (exact) mass is 396 g/mol. The Labute approximate surface area is 158 Å². The maximum Gasteiger partial charge on any atom is 0.243 e. The molecule has 0 bridgehead atoms. The molecular weight excluding hydrogens is 374 g/mol. The third-order valence-corrected chi connectivity index (χ3v) is 6.46. The summed E-state index contributed by atoms with van der Waals surface area (Å²) in [5, 5.41) is 0. The molecule has 1 aliphatic heterocycles. The van der Waals surface area contributed by atoms with Gasteiger partial charge in [-0.05, 0) is 42.8 Å². The van der Waals surface area contributed by atoms with Crippen LogP contribution in [0.15, 0.2) is 47.4 Å². The molecule has 0 radical (unpaired) electrons. The van der Waals surface area contributed by atoms with Gasteiger partial charge in [-0.1, -0.05) is 12.1 Å². The van der Waals surface area contributed by atoms with Crippen LogP contribution in [0.5, 0.6) is 5.75 Å².